The van der Waals surface area contributed by atoms with Crippen LogP contribution in [0.25, 0.3) is 0 Å². The zero-order valence-electron chi connectivity index (χ0n) is 13.3. The van der Waals surface area contributed by atoms with Crippen LogP contribution in [0.2, 0.25) is 0 Å². The van der Waals surface area contributed by atoms with E-state index >= 15 is 0 Å². The molecule has 0 radical (unpaired) electrons. The molecule has 19 heavy (non-hydrogen) atoms. The van der Waals surface area contributed by atoms with E-state index in [0.717, 1.165) is 25.3 Å². The van der Waals surface area contributed by atoms with Gasteiger partial charge >= 0.3 is 0 Å². The maximum absolute atomic E-state index is 6.00. The molecule has 1 aromatic rings. The quantitative estimate of drug-likeness (QED) is 0.817. The number of ether oxygens (including phenoxy) is 1. The molecule has 0 fully saturated rings. The van der Waals surface area contributed by atoms with E-state index in [9.17, 15) is 0 Å². The summed E-state index contributed by atoms with van der Waals surface area (Å²) < 4.78 is 6.00. The SMILES string of the molecule is CCNC(C)c1cc(C)ccc1OCCC(C)(C)C. The van der Waals surface area contributed by atoms with E-state index in [4.69, 9.17) is 4.74 Å². The third-order valence-corrected chi connectivity index (χ3v) is 3.25. The van der Waals surface area contributed by atoms with Gasteiger partial charge in [0.15, 0.2) is 0 Å². The van der Waals surface area contributed by atoms with Crippen molar-refractivity contribution < 1.29 is 4.74 Å². The highest BCUT2D eigenvalue weighted by Gasteiger charge is 2.13. The maximum atomic E-state index is 6.00. The highest BCUT2D eigenvalue weighted by atomic mass is 16.5. The van der Waals surface area contributed by atoms with E-state index in [1.807, 2.05) is 0 Å². The van der Waals surface area contributed by atoms with Crippen LogP contribution in [0.5, 0.6) is 5.75 Å². The van der Waals surface area contributed by atoms with Crippen molar-refractivity contribution in [2.24, 2.45) is 5.41 Å². The van der Waals surface area contributed by atoms with Crippen LogP contribution in [0.1, 0.15) is 58.2 Å². The Kier molecular flexibility index (Phi) is 5.86. The van der Waals surface area contributed by atoms with E-state index in [-0.39, 0.29) is 0 Å². The van der Waals surface area contributed by atoms with Crippen LogP contribution < -0.4 is 10.1 Å². The minimum atomic E-state index is 0.318. The van der Waals surface area contributed by atoms with E-state index in [1.54, 1.807) is 0 Å². The second kappa shape index (κ2) is 6.95. The summed E-state index contributed by atoms with van der Waals surface area (Å²) in [6.45, 7) is 14.9. The summed E-state index contributed by atoms with van der Waals surface area (Å²) in [5.41, 5.74) is 2.86. The maximum Gasteiger partial charge on any atom is 0.124 e. The molecule has 2 heteroatoms. The van der Waals surface area contributed by atoms with Crippen molar-refractivity contribution in [3.05, 3.63) is 29.3 Å². The highest BCUT2D eigenvalue weighted by molar-refractivity contribution is 5.39. The molecule has 0 heterocycles. The molecule has 0 amide bonds. The van der Waals surface area contributed by atoms with E-state index < -0.39 is 0 Å². The first-order valence-electron chi connectivity index (χ1n) is 7.30. The predicted molar refractivity (Wildman–Crippen MR) is 82.8 cm³/mol. The molecule has 2 nitrogen and oxygen atoms in total. The summed E-state index contributed by atoms with van der Waals surface area (Å²) in [6.07, 6.45) is 1.07. The Morgan fingerprint density at radius 2 is 1.95 bits per heavy atom. The first-order chi connectivity index (χ1) is 8.83. The standard InChI is InChI=1S/C17H29NO/c1-7-18-14(3)15-12-13(2)8-9-16(15)19-11-10-17(4,5)6/h8-9,12,14,18H,7,10-11H2,1-6H3. The third kappa shape index (κ3) is 5.65. The van der Waals surface area contributed by atoms with Crippen molar-refractivity contribution in [2.45, 2.75) is 54.0 Å². The van der Waals surface area contributed by atoms with Gasteiger partial charge in [-0.1, -0.05) is 45.4 Å². The Labute approximate surface area is 118 Å². The average molecular weight is 263 g/mol. The lowest BCUT2D eigenvalue weighted by molar-refractivity contribution is 0.240. The third-order valence-electron chi connectivity index (χ3n) is 3.25. The van der Waals surface area contributed by atoms with Crippen LogP contribution in [0, 0.1) is 12.3 Å². The smallest absolute Gasteiger partial charge is 0.124 e. The van der Waals surface area contributed by atoms with Gasteiger partial charge in [-0.2, -0.15) is 0 Å². The van der Waals surface area contributed by atoms with Gasteiger partial charge in [0.2, 0.25) is 0 Å². The number of hydrogen-bond donors (Lipinski definition) is 1. The van der Waals surface area contributed by atoms with Crippen LogP contribution in [0.4, 0.5) is 0 Å². The Bertz CT molecular complexity index is 393. The molecule has 1 aromatic carbocycles. The number of rotatable bonds is 6. The molecule has 0 spiro atoms. The number of benzene rings is 1. The van der Waals surface area contributed by atoms with Gasteiger partial charge in [0, 0.05) is 11.6 Å². The molecule has 0 bridgehead atoms. The van der Waals surface area contributed by atoms with Crippen molar-refractivity contribution in [3.63, 3.8) is 0 Å². The molecule has 0 saturated carbocycles. The van der Waals surface area contributed by atoms with Gasteiger partial charge in [-0.25, -0.2) is 0 Å². The lowest BCUT2D eigenvalue weighted by atomic mass is 9.93. The molecule has 0 saturated heterocycles. The molecular weight excluding hydrogens is 234 g/mol. The van der Waals surface area contributed by atoms with E-state index in [2.05, 4.69) is 65.1 Å². The zero-order valence-corrected chi connectivity index (χ0v) is 13.3. The van der Waals surface area contributed by atoms with Gasteiger partial charge in [-0.15, -0.1) is 0 Å². The molecule has 1 rings (SSSR count). The van der Waals surface area contributed by atoms with Crippen molar-refractivity contribution in [1.82, 2.24) is 5.32 Å². The number of hydrogen-bond acceptors (Lipinski definition) is 2. The molecule has 0 aliphatic carbocycles. The second-order valence-corrected chi connectivity index (χ2v) is 6.48. The molecule has 1 N–H and O–H groups in total. The van der Waals surface area contributed by atoms with Gasteiger partial charge in [0.05, 0.1) is 6.61 Å². The van der Waals surface area contributed by atoms with Gasteiger partial charge in [-0.3, -0.25) is 0 Å². The van der Waals surface area contributed by atoms with Crippen molar-refractivity contribution in [3.8, 4) is 5.75 Å². The topological polar surface area (TPSA) is 21.3 Å². The average Bonchev–Trinajstić information content (AvgIpc) is 2.29. The predicted octanol–water partition coefficient (Wildman–Crippen LogP) is 4.48. The van der Waals surface area contributed by atoms with Crippen LogP contribution in [-0.4, -0.2) is 13.2 Å². The zero-order chi connectivity index (χ0) is 14.5. The summed E-state index contributed by atoms with van der Waals surface area (Å²) >= 11 is 0. The lowest BCUT2D eigenvalue weighted by Gasteiger charge is -2.21. The van der Waals surface area contributed by atoms with E-state index in [1.165, 1.54) is 11.1 Å². The molecule has 1 unspecified atom stereocenters. The summed E-state index contributed by atoms with van der Waals surface area (Å²) in [5.74, 6) is 1.02. The van der Waals surface area contributed by atoms with Crippen LogP contribution in [-0.2, 0) is 0 Å². The Morgan fingerprint density at radius 1 is 1.26 bits per heavy atom. The summed E-state index contributed by atoms with van der Waals surface area (Å²) in [5, 5.41) is 3.46. The molecule has 0 aromatic heterocycles. The highest BCUT2D eigenvalue weighted by Crippen LogP contribution is 2.27. The molecule has 1 atom stereocenters. The first kappa shape index (κ1) is 16.0. The normalized spacial score (nSPS) is 13.4. The van der Waals surface area contributed by atoms with Crippen LogP contribution in [0.15, 0.2) is 18.2 Å². The van der Waals surface area contributed by atoms with Crippen LogP contribution >= 0.6 is 0 Å². The lowest BCUT2D eigenvalue weighted by Crippen LogP contribution is -2.19. The first-order valence-corrected chi connectivity index (χ1v) is 7.30. The number of aryl methyl sites for hydroxylation is 1. The Balaban J connectivity index is 2.76. The monoisotopic (exact) mass is 263 g/mol. The van der Waals surface area contributed by atoms with Crippen molar-refractivity contribution >= 4 is 0 Å². The molecule has 108 valence electrons. The molecule has 0 aliphatic heterocycles. The van der Waals surface area contributed by atoms with Crippen molar-refractivity contribution in [2.75, 3.05) is 13.2 Å². The number of nitrogens with one attached hydrogen (secondary N) is 1. The fourth-order valence-electron chi connectivity index (χ4n) is 2.02. The Hall–Kier alpha value is -1.02. The van der Waals surface area contributed by atoms with Crippen molar-refractivity contribution in [1.29, 1.82) is 0 Å². The van der Waals surface area contributed by atoms with E-state index in [0.29, 0.717) is 11.5 Å². The Morgan fingerprint density at radius 3 is 2.53 bits per heavy atom. The summed E-state index contributed by atoms with van der Waals surface area (Å²) in [4.78, 5) is 0. The van der Waals surface area contributed by atoms with Gasteiger partial charge < -0.3 is 10.1 Å². The van der Waals surface area contributed by atoms with Gasteiger partial charge in [-0.05, 0) is 38.3 Å². The minimum absolute atomic E-state index is 0.318. The summed E-state index contributed by atoms with van der Waals surface area (Å²) in [7, 11) is 0. The van der Waals surface area contributed by atoms with Gasteiger partial charge in [0.25, 0.3) is 0 Å². The minimum Gasteiger partial charge on any atom is -0.493 e. The van der Waals surface area contributed by atoms with Gasteiger partial charge in [0.1, 0.15) is 5.75 Å². The fraction of sp³-hybridized carbons (Fsp3) is 0.647. The fourth-order valence-corrected chi connectivity index (χ4v) is 2.02. The largest absolute Gasteiger partial charge is 0.493 e. The summed E-state index contributed by atoms with van der Waals surface area (Å²) in [6, 6.07) is 6.77. The molecular formula is C17H29NO. The second-order valence-electron chi connectivity index (χ2n) is 6.48. The molecule has 0 aliphatic rings. The van der Waals surface area contributed by atoms with Crippen LogP contribution in [0.3, 0.4) is 0 Å².